The number of nitriles is 1. The zero-order chi connectivity index (χ0) is 13.7. The number of pyridine rings is 1. The van der Waals surface area contributed by atoms with E-state index in [4.69, 9.17) is 5.26 Å². The van der Waals surface area contributed by atoms with Crippen LogP contribution < -0.4 is 4.90 Å². The number of nitrogens with zero attached hydrogens (tertiary/aromatic N) is 3. The lowest BCUT2D eigenvalue weighted by molar-refractivity contribution is 0.609. The Morgan fingerprint density at radius 3 is 2.79 bits per heavy atom. The van der Waals surface area contributed by atoms with Crippen molar-refractivity contribution >= 4 is 16.6 Å². The molecule has 0 N–H and O–H groups in total. The Morgan fingerprint density at radius 1 is 1.26 bits per heavy atom. The van der Waals surface area contributed by atoms with E-state index < -0.39 is 0 Å². The minimum absolute atomic E-state index is 0.525. The molecule has 0 aliphatic rings. The highest BCUT2D eigenvalue weighted by atomic mass is 15.2. The molecule has 2 rings (SSSR count). The summed E-state index contributed by atoms with van der Waals surface area (Å²) in [5.74, 6) is 1.53. The van der Waals surface area contributed by atoms with Gasteiger partial charge >= 0.3 is 0 Å². The van der Waals surface area contributed by atoms with Crippen LogP contribution in [0.15, 0.2) is 36.5 Å². The smallest absolute Gasteiger partial charge is 0.136 e. The summed E-state index contributed by atoms with van der Waals surface area (Å²) in [7, 11) is 0. The van der Waals surface area contributed by atoms with Crippen LogP contribution in [0, 0.1) is 17.2 Å². The number of benzene rings is 1. The highest BCUT2D eigenvalue weighted by Gasteiger charge is 2.12. The second-order valence-electron chi connectivity index (χ2n) is 5.10. The lowest BCUT2D eigenvalue weighted by atomic mass is 10.1. The van der Waals surface area contributed by atoms with E-state index >= 15 is 0 Å². The van der Waals surface area contributed by atoms with Crippen molar-refractivity contribution in [2.75, 3.05) is 18.0 Å². The van der Waals surface area contributed by atoms with Crippen LogP contribution in [-0.4, -0.2) is 18.1 Å². The molecule has 0 saturated heterocycles. The van der Waals surface area contributed by atoms with Crippen LogP contribution >= 0.6 is 0 Å². The average molecular weight is 253 g/mol. The largest absolute Gasteiger partial charge is 0.355 e. The Morgan fingerprint density at radius 2 is 2.05 bits per heavy atom. The van der Waals surface area contributed by atoms with E-state index in [1.165, 1.54) is 5.39 Å². The van der Waals surface area contributed by atoms with Gasteiger partial charge in [0.25, 0.3) is 0 Å². The molecule has 1 heterocycles. The normalized spacial score (nSPS) is 10.6. The number of aromatic nitrogens is 1. The van der Waals surface area contributed by atoms with Gasteiger partial charge in [0, 0.05) is 24.7 Å². The van der Waals surface area contributed by atoms with Crippen molar-refractivity contribution in [2.24, 2.45) is 5.92 Å². The van der Waals surface area contributed by atoms with Gasteiger partial charge in [-0.15, -0.1) is 0 Å². The summed E-state index contributed by atoms with van der Waals surface area (Å²) in [6.45, 7) is 6.02. The predicted octanol–water partition coefficient (Wildman–Crippen LogP) is 3.61. The van der Waals surface area contributed by atoms with Crippen LogP contribution in [0.4, 0.5) is 5.82 Å². The molecule has 1 aromatic carbocycles. The van der Waals surface area contributed by atoms with Crippen molar-refractivity contribution in [2.45, 2.75) is 20.3 Å². The molecular weight excluding hydrogens is 234 g/mol. The van der Waals surface area contributed by atoms with Gasteiger partial charge in [0.1, 0.15) is 5.82 Å². The Balaban J connectivity index is 2.40. The Labute approximate surface area is 114 Å². The Bertz CT molecular complexity index is 579. The monoisotopic (exact) mass is 253 g/mol. The summed E-state index contributed by atoms with van der Waals surface area (Å²) in [4.78, 5) is 6.75. The topological polar surface area (TPSA) is 39.9 Å². The van der Waals surface area contributed by atoms with Crippen LogP contribution in [0.1, 0.15) is 20.3 Å². The van der Waals surface area contributed by atoms with Gasteiger partial charge in [-0.2, -0.15) is 5.26 Å². The zero-order valence-electron chi connectivity index (χ0n) is 11.5. The van der Waals surface area contributed by atoms with E-state index in [0.29, 0.717) is 12.3 Å². The maximum atomic E-state index is 8.81. The predicted molar refractivity (Wildman–Crippen MR) is 79.0 cm³/mol. The van der Waals surface area contributed by atoms with Crippen molar-refractivity contribution in [3.63, 3.8) is 0 Å². The van der Waals surface area contributed by atoms with Gasteiger partial charge in [-0.3, -0.25) is 0 Å². The van der Waals surface area contributed by atoms with E-state index in [-0.39, 0.29) is 0 Å². The number of rotatable bonds is 5. The SMILES string of the molecule is CC(C)CN(CCC#N)c1nccc2ccccc12. The van der Waals surface area contributed by atoms with Gasteiger partial charge in [0.05, 0.1) is 12.5 Å². The molecule has 19 heavy (non-hydrogen) atoms. The van der Waals surface area contributed by atoms with E-state index in [0.717, 1.165) is 24.3 Å². The third-order valence-corrected chi connectivity index (χ3v) is 3.03. The molecule has 0 aliphatic heterocycles. The van der Waals surface area contributed by atoms with Gasteiger partial charge < -0.3 is 4.90 Å². The summed E-state index contributed by atoms with van der Waals surface area (Å²) in [6, 6.07) is 12.5. The summed E-state index contributed by atoms with van der Waals surface area (Å²) in [5, 5.41) is 11.2. The average Bonchev–Trinajstić information content (AvgIpc) is 2.42. The van der Waals surface area contributed by atoms with Crippen molar-refractivity contribution in [1.82, 2.24) is 4.98 Å². The highest BCUT2D eigenvalue weighted by Crippen LogP contribution is 2.24. The number of fused-ring (bicyclic) bond motifs is 1. The minimum atomic E-state index is 0.525. The molecule has 98 valence electrons. The lowest BCUT2D eigenvalue weighted by Crippen LogP contribution is -2.29. The van der Waals surface area contributed by atoms with Gasteiger partial charge in [-0.05, 0) is 17.4 Å². The summed E-state index contributed by atoms with van der Waals surface area (Å²) >= 11 is 0. The molecule has 0 spiro atoms. The quantitative estimate of drug-likeness (QED) is 0.817. The van der Waals surface area contributed by atoms with E-state index in [2.05, 4.69) is 41.9 Å². The molecule has 3 nitrogen and oxygen atoms in total. The molecule has 0 fully saturated rings. The number of hydrogen-bond acceptors (Lipinski definition) is 3. The fraction of sp³-hybridized carbons (Fsp3) is 0.375. The summed E-state index contributed by atoms with van der Waals surface area (Å²) < 4.78 is 0. The molecule has 0 unspecified atom stereocenters. The molecule has 0 amide bonds. The molecule has 2 aromatic rings. The third-order valence-electron chi connectivity index (χ3n) is 3.03. The van der Waals surface area contributed by atoms with Crippen molar-refractivity contribution in [3.05, 3.63) is 36.5 Å². The molecule has 0 atom stereocenters. The second kappa shape index (κ2) is 6.19. The molecule has 0 radical (unpaired) electrons. The molecule has 0 saturated carbocycles. The lowest BCUT2D eigenvalue weighted by Gasteiger charge is -2.25. The Hall–Kier alpha value is -2.08. The highest BCUT2D eigenvalue weighted by molar-refractivity contribution is 5.92. The number of anilines is 1. The van der Waals surface area contributed by atoms with Crippen molar-refractivity contribution in [3.8, 4) is 6.07 Å². The second-order valence-corrected chi connectivity index (χ2v) is 5.10. The molecule has 0 bridgehead atoms. The molecule has 1 aromatic heterocycles. The standard InChI is InChI=1S/C16H19N3/c1-13(2)12-19(11-5-9-17)16-15-7-4-3-6-14(15)8-10-18-16/h3-4,6-8,10,13H,5,11-12H2,1-2H3. The van der Waals surface area contributed by atoms with Gasteiger partial charge in [0.15, 0.2) is 0 Å². The zero-order valence-corrected chi connectivity index (χ0v) is 11.5. The maximum absolute atomic E-state index is 8.81. The number of hydrogen-bond donors (Lipinski definition) is 0. The molecular formula is C16H19N3. The first-order chi connectivity index (χ1) is 9.22. The van der Waals surface area contributed by atoms with Crippen LogP contribution in [0.25, 0.3) is 10.8 Å². The molecule has 3 heteroatoms. The van der Waals surface area contributed by atoms with Crippen LogP contribution in [-0.2, 0) is 0 Å². The first-order valence-corrected chi connectivity index (χ1v) is 6.68. The summed E-state index contributed by atoms with van der Waals surface area (Å²) in [5.41, 5.74) is 0. The minimum Gasteiger partial charge on any atom is -0.355 e. The van der Waals surface area contributed by atoms with E-state index in [1.54, 1.807) is 0 Å². The van der Waals surface area contributed by atoms with Crippen molar-refractivity contribution in [1.29, 1.82) is 5.26 Å². The van der Waals surface area contributed by atoms with Gasteiger partial charge in [-0.25, -0.2) is 4.98 Å². The third kappa shape index (κ3) is 3.23. The van der Waals surface area contributed by atoms with Gasteiger partial charge in [-0.1, -0.05) is 38.1 Å². The fourth-order valence-electron chi connectivity index (χ4n) is 2.27. The van der Waals surface area contributed by atoms with Crippen molar-refractivity contribution < 1.29 is 0 Å². The summed E-state index contributed by atoms with van der Waals surface area (Å²) in [6.07, 6.45) is 2.37. The van der Waals surface area contributed by atoms with E-state index in [1.807, 2.05) is 24.4 Å². The van der Waals surface area contributed by atoms with E-state index in [9.17, 15) is 0 Å². The Kier molecular flexibility index (Phi) is 4.35. The van der Waals surface area contributed by atoms with Crippen LogP contribution in [0.2, 0.25) is 0 Å². The van der Waals surface area contributed by atoms with Gasteiger partial charge in [0.2, 0.25) is 0 Å². The molecule has 0 aliphatic carbocycles. The first-order valence-electron chi connectivity index (χ1n) is 6.68. The van der Waals surface area contributed by atoms with Crippen LogP contribution in [0.5, 0.6) is 0 Å². The maximum Gasteiger partial charge on any atom is 0.136 e. The van der Waals surface area contributed by atoms with Crippen LogP contribution in [0.3, 0.4) is 0 Å². The first kappa shape index (κ1) is 13.4. The fourth-order valence-corrected chi connectivity index (χ4v) is 2.27.